The summed E-state index contributed by atoms with van der Waals surface area (Å²) in [5, 5.41) is 2.42. The van der Waals surface area contributed by atoms with Gasteiger partial charge in [0.05, 0.1) is 11.4 Å². The molecule has 4 aromatic rings. The van der Waals surface area contributed by atoms with Crippen molar-refractivity contribution in [1.29, 1.82) is 0 Å². The smallest absolute Gasteiger partial charge is 0.246 e. The first-order valence-electron chi connectivity index (χ1n) is 11.5. The number of nitrogens with zero attached hydrogens (tertiary/aromatic N) is 3. The van der Waals surface area contributed by atoms with Crippen LogP contribution in [0.1, 0.15) is 23.7 Å². The molecule has 0 aliphatic heterocycles. The number of hydrogen-bond acceptors (Lipinski definition) is 4. The van der Waals surface area contributed by atoms with E-state index >= 15 is 0 Å². The van der Waals surface area contributed by atoms with Gasteiger partial charge in [0.15, 0.2) is 5.13 Å². The monoisotopic (exact) mass is 481 g/mol. The van der Waals surface area contributed by atoms with Gasteiger partial charge in [0.1, 0.15) is 0 Å². The largest absolute Gasteiger partial charge is 0.335 e. The van der Waals surface area contributed by atoms with Gasteiger partial charge in [-0.15, -0.1) is 11.3 Å². The second kappa shape index (κ2) is 11.9. The molecule has 0 aliphatic rings. The van der Waals surface area contributed by atoms with Gasteiger partial charge in [0.2, 0.25) is 11.8 Å². The summed E-state index contributed by atoms with van der Waals surface area (Å²) in [5.74, 6) is -0.196. The first kappa shape index (κ1) is 24.1. The van der Waals surface area contributed by atoms with E-state index in [1.54, 1.807) is 17.1 Å². The number of carbonyl (C=O) groups excluding carboxylic acids is 2. The molecule has 35 heavy (non-hydrogen) atoms. The maximum Gasteiger partial charge on any atom is 0.246 e. The zero-order valence-corrected chi connectivity index (χ0v) is 20.4. The van der Waals surface area contributed by atoms with Crippen molar-refractivity contribution in [2.45, 2.75) is 19.9 Å². The van der Waals surface area contributed by atoms with Crippen molar-refractivity contribution in [3.63, 3.8) is 0 Å². The molecular formula is C29H27N3O2S. The zero-order chi connectivity index (χ0) is 24.5. The molecule has 0 radical (unpaired) electrons. The quantitative estimate of drug-likeness (QED) is 0.271. The predicted octanol–water partition coefficient (Wildman–Crippen LogP) is 6.11. The lowest BCUT2D eigenvalue weighted by Gasteiger charge is -2.21. The minimum absolute atomic E-state index is 0.0779. The average molecular weight is 482 g/mol. The van der Waals surface area contributed by atoms with Gasteiger partial charge in [0.25, 0.3) is 0 Å². The molecule has 0 saturated heterocycles. The fourth-order valence-electron chi connectivity index (χ4n) is 3.70. The van der Waals surface area contributed by atoms with E-state index in [0.717, 1.165) is 17.7 Å². The Balaban J connectivity index is 1.49. The van der Waals surface area contributed by atoms with Crippen LogP contribution >= 0.6 is 11.3 Å². The van der Waals surface area contributed by atoms with Crippen LogP contribution in [0.4, 0.5) is 10.8 Å². The molecule has 0 N–H and O–H groups in total. The maximum absolute atomic E-state index is 13.2. The summed E-state index contributed by atoms with van der Waals surface area (Å²) in [4.78, 5) is 33.5. The van der Waals surface area contributed by atoms with Crippen LogP contribution in [-0.4, -0.2) is 28.2 Å². The Morgan fingerprint density at radius 2 is 1.46 bits per heavy atom. The van der Waals surface area contributed by atoms with E-state index < -0.39 is 0 Å². The third-order valence-electron chi connectivity index (χ3n) is 5.47. The highest BCUT2D eigenvalue weighted by atomic mass is 32.1. The third kappa shape index (κ3) is 6.74. The SMILES string of the molecule is CC(=O)N(c1ccccc1)c1nc(/C=C/C(=O)N(CCc2ccccc2)Cc2ccccc2)cs1. The van der Waals surface area contributed by atoms with Gasteiger partial charge in [-0.1, -0.05) is 78.9 Å². The summed E-state index contributed by atoms with van der Waals surface area (Å²) in [7, 11) is 0. The molecule has 1 aromatic heterocycles. The lowest BCUT2D eigenvalue weighted by Crippen LogP contribution is -2.31. The summed E-state index contributed by atoms with van der Waals surface area (Å²) >= 11 is 1.37. The second-order valence-corrected chi connectivity index (χ2v) is 8.90. The summed E-state index contributed by atoms with van der Waals surface area (Å²) in [6.45, 7) is 2.66. The summed E-state index contributed by atoms with van der Waals surface area (Å²) in [5.41, 5.74) is 3.68. The van der Waals surface area contributed by atoms with Crippen LogP contribution in [0.2, 0.25) is 0 Å². The van der Waals surface area contributed by atoms with E-state index in [-0.39, 0.29) is 11.8 Å². The number of aromatic nitrogens is 1. The number of para-hydroxylation sites is 1. The molecule has 6 heteroatoms. The number of anilines is 2. The van der Waals surface area contributed by atoms with Crippen LogP contribution in [0.3, 0.4) is 0 Å². The first-order chi connectivity index (χ1) is 17.1. The zero-order valence-electron chi connectivity index (χ0n) is 19.6. The lowest BCUT2D eigenvalue weighted by molar-refractivity contribution is -0.126. The number of thiazole rings is 1. The molecule has 1 heterocycles. The highest BCUT2D eigenvalue weighted by Gasteiger charge is 2.17. The van der Waals surface area contributed by atoms with E-state index in [4.69, 9.17) is 0 Å². The van der Waals surface area contributed by atoms with Crippen molar-refractivity contribution in [2.75, 3.05) is 11.4 Å². The van der Waals surface area contributed by atoms with Crippen molar-refractivity contribution >= 4 is 40.0 Å². The minimum atomic E-state index is -0.118. The van der Waals surface area contributed by atoms with Crippen LogP contribution in [-0.2, 0) is 22.6 Å². The Labute approximate surface area is 210 Å². The molecular weight excluding hydrogens is 454 g/mol. The van der Waals surface area contributed by atoms with Crippen LogP contribution in [0.5, 0.6) is 0 Å². The number of benzene rings is 3. The van der Waals surface area contributed by atoms with Crippen LogP contribution in [0, 0.1) is 0 Å². The normalized spacial score (nSPS) is 10.9. The molecule has 176 valence electrons. The Hall–Kier alpha value is -4.03. The van der Waals surface area contributed by atoms with Crippen molar-refractivity contribution in [3.05, 3.63) is 119 Å². The average Bonchev–Trinajstić information content (AvgIpc) is 3.35. The Morgan fingerprint density at radius 3 is 2.09 bits per heavy atom. The van der Waals surface area contributed by atoms with Crippen molar-refractivity contribution in [2.24, 2.45) is 0 Å². The molecule has 0 bridgehead atoms. The van der Waals surface area contributed by atoms with E-state index in [2.05, 4.69) is 17.1 Å². The van der Waals surface area contributed by atoms with Crippen LogP contribution in [0.25, 0.3) is 6.08 Å². The molecule has 2 amide bonds. The molecule has 0 aliphatic carbocycles. The first-order valence-corrected chi connectivity index (χ1v) is 12.3. The second-order valence-electron chi connectivity index (χ2n) is 8.06. The van der Waals surface area contributed by atoms with E-state index in [1.165, 1.54) is 23.8 Å². The van der Waals surface area contributed by atoms with E-state index in [0.29, 0.717) is 23.9 Å². The van der Waals surface area contributed by atoms with Gasteiger partial charge < -0.3 is 4.90 Å². The number of rotatable bonds is 9. The standard InChI is InChI=1S/C29H27N3O2S/c1-23(33)32(27-15-9-4-10-16-27)29-30-26(22-35-29)17-18-28(34)31(21-25-13-7-3-8-14-25)20-19-24-11-5-2-6-12-24/h2-18,22H,19-21H2,1H3/b18-17+. The molecule has 0 spiro atoms. The minimum Gasteiger partial charge on any atom is -0.335 e. The van der Waals surface area contributed by atoms with Gasteiger partial charge in [-0.05, 0) is 35.8 Å². The van der Waals surface area contributed by atoms with Gasteiger partial charge in [-0.25, -0.2) is 4.98 Å². The van der Waals surface area contributed by atoms with E-state index in [9.17, 15) is 9.59 Å². The maximum atomic E-state index is 13.2. The fraction of sp³-hybridized carbons (Fsp3) is 0.138. The molecule has 0 atom stereocenters. The lowest BCUT2D eigenvalue weighted by atomic mass is 10.1. The molecule has 3 aromatic carbocycles. The number of amides is 2. The highest BCUT2D eigenvalue weighted by Crippen LogP contribution is 2.29. The predicted molar refractivity (Wildman–Crippen MR) is 142 cm³/mol. The van der Waals surface area contributed by atoms with Gasteiger partial charge >= 0.3 is 0 Å². The third-order valence-corrected chi connectivity index (χ3v) is 6.31. The van der Waals surface area contributed by atoms with Crippen LogP contribution < -0.4 is 4.90 Å². The Morgan fingerprint density at radius 1 is 0.857 bits per heavy atom. The summed E-state index contributed by atoms with van der Waals surface area (Å²) < 4.78 is 0. The molecule has 0 saturated carbocycles. The van der Waals surface area contributed by atoms with Gasteiger partial charge in [-0.2, -0.15) is 0 Å². The van der Waals surface area contributed by atoms with Crippen molar-refractivity contribution in [1.82, 2.24) is 9.88 Å². The topological polar surface area (TPSA) is 53.5 Å². The van der Waals surface area contributed by atoms with Crippen molar-refractivity contribution in [3.8, 4) is 0 Å². The number of carbonyl (C=O) groups is 2. The molecule has 0 unspecified atom stereocenters. The summed E-state index contributed by atoms with van der Waals surface area (Å²) in [6.07, 6.45) is 4.05. The molecule has 0 fully saturated rings. The summed E-state index contributed by atoms with van der Waals surface area (Å²) in [6, 6.07) is 29.6. The Bertz CT molecular complexity index is 1270. The van der Waals surface area contributed by atoms with E-state index in [1.807, 2.05) is 89.1 Å². The number of hydrogen-bond donors (Lipinski definition) is 0. The fourth-order valence-corrected chi connectivity index (χ4v) is 4.56. The van der Waals surface area contributed by atoms with Crippen molar-refractivity contribution < 1.29 is 9.59 Å². The Kier molecular flexibility index (Phi) is 8.20. The van der Waals surface area contributed by atoms with Crippen LogP contribution in [0.15, 0.2) is 102 Å². The highest BCUT2D eigenvalue weighted by molar-refractivity contribution is 7.14. The molecule has 5 nitrogen and oxygen atoms in total. The molecule has 4 rings (SSSR count). The van der Waals surface area contributed by atoms with Gasteiger partial charge in [-0.3, -0.25) is 14.5 Å². The van der Waals surface area contributed by atoms with Gasteiger partial charge in [0, 0.05) is 31.5 Å².